The number of benzene rings is 2. The first-order chi connectivity index (χ1) is 13.1. The van der Waals surface area contributed by atoms with E-state index in [0.29, 0.717) is 33.5 Å². The number of hydrogen-bond donors (Lipinski definition) is 1. The van der Waals surface area contributed by atoms with E-state index in [4.69, 9.17) is 9.15 Å². The maximum absolute atomic E-state index is 13.0. The van der Waals surface area contributed by atoms with E-state index in [9.17, 15) is 14.0 Å². The number of hydrogen-bond acceptors (Lipinski definition) is 6. The average Bonchev–Trinajstić information content (AvgIpc) is 3.15. The van der Waals surface area contributed by atoms with Crippen LogP contribution in [0.4, 0.5) is 10.1 Å². The Morgan fingerprint density at radius 3 is 2.85 bits per heavy atom. The van der Waals surface area contributed by atoms with Gasteiger partial charge in [0.05, 0.1) is 17.6 Å². The molecular weight excluding hydrogens is 371 g/mol. The van der Waals surface area contributed by atoms with Crippen molar-refractivity contribution in [3.63, 3.8) is 0 Å². The van der Waals surface area contributed by atoms with Crippen LogP contribution in [0.3, 0.4) is 0 Å². The van der Waals surface area contributed by atoms with Gasteiger partial charge in [-0.3, -0.25) is 9.59 Å². The first-order valence-electron chi connectivity index (χ1n) is 8.03. The van der Waals surface area contributed by atoms with Gasteiger partial charge in [-0.15, -0.1) is 0 Å². The van der Waals surface area contributed by atoms with Gasteiger partial charge in [0.15, 0.2) is 18.2 Å². The maximum Gasteiger partial charge on any atom is 0.262 e. The first kappa shape index (κ1) is 17.3. The number of rotatable bonds is 5. The number of ketones is 1. The minimum atomic E-state index is -0.329. The highest BCUT2D eigenvalue weighted by molar-refractivity contribution is 7.99. The molecule has 1 aliphatic rings. The molecule has 1 amide bonds. The van der Waals surface area contributed by atoms with Gasteiger partial charge in [0.1, 0.15) is 11.6 Å². The van der Waals surface area contributed by atoms with E-state index in [2.05, 4.69) is 10.3 Å². The van der Waals surface area contributed by atoms with Gasteiger partial charge < -0.3 is 14.5 Å². The molecule has 2 heterocycles. The van der Waals surface area contributed by atoms with Crippen molar-refractivity contribution < 1.29 is 23.1 Å². The number of ether oxygens (including phenoxy) is 1. The molecule has 27 heavy (non-hydrogen) atoms. The quantitative estimate of drug-likeness (QED) is 0.532. The molecule has 0 spiro atoms. The summed E-state index contributed by atoms with van der Waals surface area (Å²) in [6, 6.07) is 10.8. The van der Waals surface area contributed by atoms with E-state index in [0.717, 1.165) is 11.8 Å². The number of halogens is 1. The smallest absolute Gasteiger partial charge is 0.262 e. The fourth-order valence-corrected chi connectivity index (χ4v) is 3.24. The fourth-order valence-electron chi connectivity index (χ4n) is 2.54. The van der Waals surface area contributed by atoms with Crippen LogP contribution in [0.5, 0.6) is 5.75 Å². The maximum atomic E-state index is 13.0. The Morgan fingerprint density at radius 2 is 2.04 bits per heavy atom. The van der Waals surface area contributed by atoms with Gasteiger partial charge in [0.25, 0.3) is 11.1 Å². The van der Waals surface area contributed by atoms with Crippen molar-refractivity contribution in [1.29, 1.82) is 0 Å². The number of carbonyl (C=O) groups is 2. The van der Waals surface area contributed by atoms with E-state index >= 15 is 0 Å². The van der Waals surface area contributed by atoms with Gasteiger partial charge in [0.2, 0.25) is 0 Å². The van der Waals surface area contributed by atoms with Gasteiger partial charge in [-0.2, -0.15) is 0 Å². The summed E-state index contributed by atoms with van der Waals surface area (Å²) in [4.78, 5) is 27.9. The van der Waals surface area contributed by atoms with Crippen molar-refractivity contribution in [2.24, 2.45) is 0 Å². The van der Waals surface area contributed by atoms with Gasteiger partial charge in [0, 0.05) is 11.1 Å². The minimum Gasteiger partial charge on any atom is -0.482 e. The topological polar surface area (TPSA) is 81.4 Å². The zero-order valence-electron chi connectivity index (χ0n) is 13.9. The van der Waals surface area contributed by atoms with Crippen molar-refractivity contribution in [3.05, 3.63) is 60.0 Å². The zero-order chi connectivity index (χ0) is 18.8. The molecule has 0 radical (unpaired) electrons. The lowest BCUT2D eigenvalue weighted by atomic mass is 10.1. The number of oxazole rings is 1. The van der Waals surface area contributed by atoms with Crippen LogP contribution in [-0.4, -0.2) is 29.0 Å². The van der Waals surface area contributed by atoms with Crippen molar-refractivity contribution in [1.82, 2.24) is 4.98 Å². The first-order valence-corrected chi connectivity index (χ1v) is 9.01. The Hall–Kier alpha value is -3.13. The molecule has 0 atom stereocenters. The summed E-state index contributed by atoms with van der Waals surface area (Å²) in [6.07, 6.45) is 1.53. The number of aromatic nitrogens is 1. The summed E-state index contributed by atoms with van der Waals surface area (Å²) >= 11 is 1.16. The SMILES string of the molecule is O=C1COc2ccc(C(=O)CSc3ncc(-c4ccc(F)cc4)o3)cc2N1. The summed E-state index contributed by atoms with van der Waals surface area (Å²) in [5.41, 5.74) is 1.64. The van der Waals surface area contributed by atoms with E-state index in [1.807, 2.05) is 0 Å². The molecule has 2 aromatic carbocycles. The fraction of sp³-hybridized carbons (Fsp3) is 0.105. The molecule has 0 fully saturated rings. The molecule has 0 saturated carbocycles. The number of anilines is 1. The second kappa shape index (κ2) is 7.24. The van der Waals surface area contributed by atoms with E-state index in [1.165, 1.54) is 18.3 Å². The predicted molar refractivity (Wildman–Crippen MR) is 97.5 cm³/mol. The molecule has 0 unspecified atom stereocenters. The predicted octanol–water partition coefficient (Wildman–Crippen LogP) is 3.79. The lowest BCUT2D eigenvalue weighted by molar-refractivity contribution is -0.118. The van der Waals surface area contributed by atoms with Crippen molar-refractivity contribution in [2.45, 2.75) is 5.22 Å². The van der Waals surface area contributed by atoms with Crippen LogP contribution < -0.4 is 10.1 Å². The minimum absolute atomic E-state index is 0.0311. The molecule has 6 nitrogen and oxygen atoms in total. The Bertz CT molecular complexity index is 1020. The van der Waals surface area contributed by atoms with Crippen LogP contribution in [0.15, 0.2) is 58.3 Å². The zero-order valence-corrected chi connectivity index (χ0v) is 14.7. The monoisotopic (exact) mass is 384 g/mol. The Labute approximate surface area is 157 Å². The third-order valence-corrected chi connectivity index (χ3v) is 4.72. The highest BCUT2D eigenvalue weighted by Crippen LogP contribution is 2.30. The van der Waals surface area contributed by atoms with Crippen LogP contribution in [0, 0.1) is 5.82 Å². The van der Waals surface area contributed by atoms with E-state index < -0.39 is 0 Å². The molecule has 0 bridgehead atoms. The number of carbonyl (C=O) groups excluding carboxylic acids is 2. The van der Waals surface area contributed by atoms with Crippen LogP contribution in [-0.2, 0) is 4.79 Å². The van der Waals surface area contributed by atoms with Crippen LogP contribution >= 0.6 is 11.8 Å². The standard InChI is InChI=1S/C19H13FN2O4S/c20-13-4-1-11(2-5-13)17-8-21-19(26-17)27-10-15(23)12-3-6-16-14(7-12)22-18(24)9-25-16/h1-8H,9-10H2,(H,22,24). The largest absolute Gasteiger partial charge is 0.482 e. The number of nitrogens with one attached hydrogen (secondary N) is 1. The van der Waals surface area contributed by atoms with Crippen LogP contribution in [0.1, 0.15) is 10.4 Å². The number of nitrogens with zero attached hydrogens (tertiary/aromatic N) is 1. The van der Waals surface area contributed by atoms with E-state index in [-0.39, 0.29) is 29.9 Å². The van der Waals surface area contributed by atoms with Gasteiger partial charge in [-0.05, 0) is 42.5 Å². The molecule has 1 aliphatic heterocycles. The summed E-state index contributed by atoms with van der Waals surface area (Å²) in [5.74, 6) is 0.439. The van der Waals surface area contributed by atoms with E-state index in [1.54, 1.807) is 30.3 Å². The summed E-state index contributed by atoms with van der Waals surface area (Å²) in [6.45, 7) is -0.0311. The van der Waals surface area contributed by atoms with Gasteiger partial charge >= 0.3 is 0 Å². The van der Waals surface area contributed by atoms with Crippen molar-refractivity contribution in [3.8, 4) is 17.1 Å². The Kier molecular flexibility index (Phi) is 4.64. The molecule has 8 heteroatoms. The molecule has 4 rings (SSSR count). The third-order valence-electron chi connectivity index (χ3n) is 3.87. The lowest BCUT2D eigenvalue weighted by Gasteiger charge is -2.18. The van der Waals surface area contributed by atoms with Crippen molar-refractivity contribution in [2.75, 3.05) is 17.7 Å². The molecule has 1 N–H and O–H groups in total. The molecular formula is C19H13FN2O4S. The number of Topliss-reactive ketones (excluding diaryl/α,β-unsaturated/α-hetero) is 1. The molecule has 3 aromatic rings. The molecule has 136 valence electrons. The van der Waals surface area contributed by atoms with Crippen LogP contribution in [0.25, 0.3) is 11.3 Å². The second-order valence-corrected chi connectivity index (χ2v) is 6.68. The molecule has 0 saturated heterocycles. The normalized spacial score (nSPS) is 12.9. The van der Waals surface area contributed by atoms with Gasteiger partial charge in [-0.25, -0.2) is 9.37 Å². The Morgan fingerprint density at radius 1 is 1.22 bits per heavy atom. The highest BCUT2D eigenvalue weighted by Gasteiger charge is 2.18. The van der Waals surface area contributed by atoms with Gasteiger partial charge in [-0.1, -0.05) is 11.8 Å². The molecule has 0 aliphatic carbocycles. The third kappa shape index (κ3) is 3.85. The summed E-state index contributed by atoms with van der Waals surface area (Å²) < 4.78 is 23.9. The molecule has 1 aromatic heterocycles. The second-order valence-electron chi connectivity index (χ2n) is 5.76. The van der Waals surface area contributed by atoms with Crippen LogP contribution in [0.2, 0.25) is 0 Å². The average molecular weight is 384 g/mol. The Balaban J connectivity index is 1.42. The number of thioether (sulfide) groups is 1. The highest BCUT2D eigenvalue weighted by atomic mass is 32.2. The summed E-state index contributed by atoms with van der Waals surface area (Å²) in [5, 5.41) is 3.02. The van der Waals surface area contributed by atoms with Crippen molar-refractivity contribution >= 4 is 29.1 Å². The lowest BCUT2D eigenvalue weighted by Crippen LogP contribution is -2.25. The summed E-state index contributed by atoms with van der Waals surface area (Å²) in [7, 11) is 0. The number of fused-ring (bicyclic) bond motifs is 1. The number of amides is 1.